The topological polar surface area (TPSA) is 16.1 Å². The van der Waals surface area contributed by atoms with Crippen molar-refractivity contribution in [1.82, 2.24) is 4.98 Å². The highest BCUT2D eigenvalue weighted by atomic mass is 15.2. The van der Waals surface area contributed by atoms with Crippen LogP contribution in [0.5, 0.6) is 0 Å². The molecule has 1 aliphatic rings. The number of aromatic nitrogens is 1. The minimum atomic E-state index is 0.868. The average Bonchev–Trinajstić information content (AvgIpc) is 3.62. The van der Waals surface area contributed by atoms with Gasteiger partial charge in [0.05, 0.1) is 0 Å². The fourth-order valence-electron chi connectivity index (χ4n) is 8.85. The monoisotopic (exact) mass is 740 g/mol. The molecule has 0 saturated heterocycles. The van der Waals surface area contributed by atoms with Crippen molar-refractivity contribution in [2.24, 2.45) is 0 Å². The fraction of sp³-hybridized carbons (Fsp3) is 0.0179. The van der Waals surface area contributed by atoms with E-state index in [4.69, 9.17) is 4.98 Å². The van der Waals surface area contributed by atoms with Gasteiger partial charge in [-0.15, -0.1) is 0 Å². The summed E-state index contributed by atoms with van der Waals surface area (Å²) in [5, 5.41) is 5.07. The molecule has 10 rings (SSSR count). The molecule has 2 heteroatoms. The molecule has 0 bridgehead atoms. The summed E-state index contributed by atoms with van der Waals surface area (Å²) in [7, 11) is 0. The summed E-state index contributed by atoms with van der Waals surface area (Å²) >= 11 is 0. The molecule has 0 N–H and O–H groups in total. The molecule has 1 aromatic heterocycles. The number of anilines is 3. The zero-order chi connectivity index (χ0) is 39.0. The molecular formula is C56H40N2. The Bertz CT molecular complexity index is 3030. The van der Waals surface area contributed by atoms with Crippen molar-refractivity contribution in [2.75, 3.05) is 4.90 Å². The number of rotatable bonds is 9. The van der Waals surface area contributed by atoms with Gasteiger partial charge in [0, 0.05) is 17.6 Å². The maximum Gasteiger partial charge on any atom is 0.137 e. The van der Waals surface area contributed by atoms with Crippen molar-refractivity contribution in [2.45, 2.75) is 6.92 Å². The first-order chi connectivity index (χ1) is 28.7. The third kappa shape index (κ3) is 5.95. The molecule has 9 aromatic rings. The maximum atomic E-state index is 4.78. The van der Waals surface area contributed by atoms with Gasteiger partial charge in [-0.05, 0) is 132 Å². The molecule has 274 valence electrons. The Morgan fingerprint density at radius 2 is 1.05 bits per heavy atom. The second-order valence-electron chi connectivity index (χ2n) is 14.8. The van der Waals surface area contributed by atoms with Crippen LogP contribution < -0.4 is 4.90 Å². The maximum absolute atomic E-state index is 4.78. The molecule has 1 heterocycles. The molecule has 0 unspecified atom stereocenters. The lowest BCUT2D eigenvalue weighted by Gasteiger charge is -2.24. The highest BCUT2D eigenvalue weighted by Gasteiger charge is 2.31. The average molecular weight is 741 g/mol. The Kier molecular flexibility index (Phi) is 8.93. The van der Waals surface area contributed by atoms with Gasteiger partial charge in [-0.2, -0.15) is 0 Å². The summed E-state index contributed by atoms with van der Waals surface area (Å²) < 4.78 is 0. The molecule has 0 amide bonds. The molecule has 8 aromatic carbocycles. The van der Waals surface area contributed by atoms with Crippen LogP contribution in [0.3, 0.4) is 0 Å². The van der Waals surface area contributed by atoms with Gasteiger partial charge in [0.25, 0.3) is 0 Å². The van der Waals surface area contributed by atoms with E-state index in [0.29, 0.717) is 0 Å². The van der Waals surface area contributed by atoms with Crippen LogP contribution in [0.1, 0.15) is 12.5 Å². The van der Waals surface area contributed by atoms with E-state index in [1.807, 2.05) is 30.5 Å². The number of allylic oxidation sites excluding steroid dienone is 5. The Morgan fingerprint density at radius 1 is 0.466 bits per heavy atom. The summed E-state index contributed by atoms with van der Waals surface area (Å²) in [6, 6.07) is 65.6. The van der Waals surface area contributed by atoms with Gasteiger partial charge < -0.3 is 0 Å². The molecular weight excluding hydrogens is 701 g/mol. The fourth-order valence-corrected chi connectivity index (χ4v) is 8.85. The Hall–Kier alpha value is -7.55. The highest BCUT2D eigenvalue weighted by molar-refractivity contribution is 6.27. The number of fused-ring (bicyclic) bond motifs is 4. The van der Waals surface area contributed by atoms with Crippen LogP contribution in [0.2, 0.25) is 0 Å². The molecule has 0 radical (unpaired) electrons. The molecule has 0 saturated carbocycles. The van der Waals surface area contributed by atoms with Gasteiger partial charge in [0.2, 0.25) is 0 Å². The van der Waals surface area contributed by atoms with Crippen LogP contribution in [-0.2, 0) is 0 Å². The molecule has 0 fully saturated rings. The van der Waals surface area contributed by atoms with Crippen LogP contribution in [0, 0.1) is 0 Å². The van der Waals surface area contributed by atoms with Gasteiger partial charge in [-0.25, -0.2) is 4.98 Å². The van der Waals surface area contributed by atoms with Gasteiger partial charge >= 0.3 is 0 Å². The summed E-state index contributed by atoms with van der Waals surface area (Å²) in [6.07, 6.45) is 9.98. The van der Waals surface area contributed by atoms with Crippen molar-refractivity contribution in [3.63, 3.8) is 0 Å². The molecule has 0 atom stereocenters. The highest BCUT2D eigenvalue weighted by Crippen LogP contribution is 2.57. The quantitative estimate of drug-likeness (QED) is 0.137. The predicted octanol–water partition coefficient (Wildman–Crippen LogP) is 15.7. The number of hydrogen-bond donors (Lipinski definition) is 0. The van der Waals surface area contributed by atoms with Crippen LogP contribution in [0.15, 0.2) is 219 Å². The first kappa shape index (κ1) is 34.9. The predicted molar refractivity (Wildman–Crippen MR) is 248 cm³/mol. The normalized spacial score (nSPS) is 12.0. The van der Waals surface area contributed by atoms with Gasteiger partial charge in [-0.3, -0.25) is 4.90 Å². The van der Waals surface area contributed by atoms with E-state index in [1.165, 1.54) is 88.3 Å². The zero-order valence-corrected chi connectivity index (χ0v) is 32.3. The van der Waals surface area contributed by atoms with Crippen molar-refractivity contribution in [3.8, 4) is 55.6 Å². The van der Waals surface area contributed by atoms with Crippen LogP contribution >= 0.6 is 0 Å². The standard InChI is InChI=1S/C56H40N2/c1-3-4-7-17-38(2)52-47-22-12-13-23-48(47)53(42-20-10-6-11-21-42)56-50-36-35-45(46-24-16-25-49(54(46)50)55(52)56)41-29-33-44(34-30-41)58(51-26-14-15-37-57-51)43-31-27-40(28-32-43)39-18-8-5-9-19-39/h3-37H,1H2,2H3/b7-4-,38-17+. The zero-order valence-electron chi connectivity index (χ0n) is 32.3. The Morgan fingerprint density at radius 3 is 1.74 bits per heavy atom. The summed E-state index contributed by atoms with van der Waals surface area (Å²) in [5.74, 6) is 0.868. The van der Waals surface area contributed by atoms with Crippen molar-refractivity contribution in [1.29, 1.82) is 0 Å². The van der Waals surface area contributed by atoms with Crippen LogP contribution in [0.25, 0.3) is 82.8 Å². The second-order valence-corrected chi connectivity index (χ2v) is 14.8. The van der Waals surface area contributed by atoms with Crippen molar-refractivity contribution >= 4 is 44.3 Å². The third-order valence-electron chi connectivity index (χ3n) is 11.4. The SMILES string of the molecule is C=C/C=C\C=C(/C)c1c2c(c(-c3ccccc3)c3ccccc13)-c1ccc(-c3ccc(N(c4ccc(-c5ccccc5)cc4)c4ccccn4)cc3)c3cccc-2c13. The van der Waals surface area contributed by atoms with E-state index < -0.39 is 0 Å². The summed E-state index contributed by atoms with van der Waals surface area (Å²) in [4.78, 5) is 7.01. The van der Waals surface area contributed by atoms with Crippen LogP contribution in [-0.4, -0.2) is 4.98 Å². The molecule has 1 aliphatic carbocycles. The smallest absolute Gasteiger partial charge is 0.137 e. The lowest BCUT2D eigenvalue weighted by atomic mass is 9.82. The first-order valence-corrected chi connectivity index (χ1v) is 19.8. The Labute approximate surface area is 340 Å². The van der Waals surface area contributed by atoms with E-state index in [0.717, 1.165) is 17.2 Å². The van der Waals surface area contributed by atoms with Crippen molar-refractivity contribution < 1.29 is 0 Å². The first-order valence-electron chi connectivity index (χ1n) is 19.8. The molecule has 0 spiro atoms. The molecule has 2 nitrogen and oxygen atoms in total. The second kappa shape index (κ2) is 14.8. The van der Waals surface area contributed by atoms with E-state index in [2.05, 4.69) is 200 Å². The Balaban J connectivity index is 1.13. The van der Waals surface area contributed by atoms with Gasteiger partial charge in [0.15, 0.2) is 0 Å². The largest absolute Gasteiger partial charge is 0.295 e. The van der Waals surface area contributed by atoms with Gasteiger partial charge in [0.1, 0.15) is 5.82 Å². The summed E-state index contributed by atoms with van der Waals surface area (Å²) in [5.41, 5.74) is 17.0. The lowest BCUT2D eigenvalue weighted by molar-refractivity contribution is 1.18. The lowest BCUT2D eigenvalue weighted by Crippen LogP contribution is -2.11. The number of hydrogen-bond acceptors (Lipinski definition) is 2. The van der Waals surface area contributed by atoms with Gasteiger partial charge in [-0.1, -0.05) is 176 Å². The minimum Gasteiger partial charge on any atom is -0.295 e. The van der Waals surface area contributed by atoms with Crippen molar-refractivity contribution in [3.05, 3.63) is 225 Å². The van der Waals surface area contributed by atoms with E-state index >= 15 is 0 Å². The minimum absolute atomic E-state index is 0.868. The molecule has 0 aliphatic heterocycles. The third-order valence-corrected chi connectivity index (χ3v) is 11.4. The number of benzene rings is 8. The van der Waals surface area contributed by atoms with E-state index in [-0.39, 0.29) is 0 Å². The van der Waals surface area contributed by atoms with E-state index in [1.54, 1.807) is 0 Å². The number of pyridine rings is 1. The molecule has 58 heavy (non-hydrogen) atoms. The van der Waals surface area contributed by atoms with E-state index in [9.17, 15) is 0 Å². The number of nitrogens with zero attached hydrogens (tertiary/aromatic N) is 2. The van der Waals surface area contributed by atoms with Crippen LogP contribution in [0.4, 0.5) is 17.2 Å². The summed E-state index contributed by atoms with van der Waals surface area (Å²) in [6.45, 7) is 6.14.